The second kappa shape index (κ2) is 6.05. The number of aromatic nitrogens is 1. The lowest BCUT2D eigenvalue weighted by molar-refractivity contribution is 0.102. The summed E-state index contributed by atoms with van der Waals surface area (Å²) in [5, 5.41) is 13.0. The predicted octanol–water partition coefficient (Wildman–Crippen LogP) is 3.79. The highest BCUT2D eigenvalue weighted by molar-refractivity contribution is 7.16. The highest BCUT2D eigenvalue weighted by Gasteiger charge is 2.16. The summed E-state index contributed by atoms with van der Waals surface area (Å²) in [5.74, 6) is 0.0226. The molecule has 0 spiro atoms. The molecule has 2 rings (SSSR count). The van der Waals surface area contributed by atoms with Crippen molar-refractivity contribution in [2.45, 2.75) is 33.1 Å². The Bertz CT molecular complexity index is 620. The molecule has 2 N–H and O–H groups in total. The fourth-order valence-corrected chi connectivity index (χ4v) is 3.00. The van der Waals surface area contributed by atoms with E-state index in [1.54, 1.807) is 18.2 Å². The number of aromatic hydroxyl groups is 1. The van der Waals surface area contributed by atoms with E-state index in [1.807, 2.05) is 0 Å². The second-order valence-corrected chi connectivity index (χ2v) is 5.84. The lowest BCUT2D eigenvalue weighted by Gasteiger charge is -2.03. The molecule has 0 aliphatic heterocycles. The number of amides is 1. The maximum absolute atomic E-state index is 12.1. The first-order valence-electron chi connectivity index (χ1n) is 6.61. The van der Waals surface area contributed by atoms with Crippen LogP contribution in [0.4, 0.5) is 5.13 Å². The van der Waals surface area contributed by atoms with Gasteiger partial charge in [-0.1, -0.05) is 32.9 Å². The molecule has 0 atom stereocenters. The van der Waals surface area contributed by atoms with E-state index >= 15 is 0 Å². The molecule has 1 aromatic heterocycles. The molecule has 5 heteroatoms. The molecule has 0 unspecified atom stereocenters. The van der Waals surface area contributed by atoms with Gasteiger partial charge in [0, 0.05) is 4.88 Å². The Hall–Kier alpha value is -1.88. The highest BCUT2D eigenvalue weighted by atomic mass is 32.1. The predicted molar refractivity (Wildman–Crippen MR) is 81.6 cm³/mol. The second-order valence-electron chi connectivity index (χ2n) is 4.81. The van der Waals surface area contributed by atoms with E-state index < -0.39 is 0 Å². The van der Waals surface area contributed by atoms with E-state index in [2.05, 4.69) is 31.1 Å². The molecular weight excluding hydrogens is 272 g/mol. The summed E-state index contributed by atoms with van der Waals surface area (Å²) in [4.78, 5) is 17.8. The first-order valence-corrected chi connectivity index (χ1v) is 7.43. The summed E-state index contributed by atoms with van der Waals surface area (Å²) >= 11 is 1.50. The van der Waals surface area contributed by atoms with Crippen LogP contribution in [0.3, 0.4) is 0 Å². The van der Waals surface area contributed by atoms with E-state index in [4.69, 9.17) is 0 Å². The number of carbonyl (C=O) groups is 1. The summed E-state index contributed by atoms with van der Waals surface area (Å²) in [6.07, 6.45) is 0.844. The van der Waals surface area contributed by atoms with E-state index in [9.17, 15) is 9.90 Å². The lowest BCUT2D eigenvalue weighted by atomic mass is 10.1. The maximum Gasteiger partial charge on any atom is 0.261 e. The lowest BCUT2D eigenvalue weighted by Crippen LogP contribution is -2.11. The Morgan fingerprint density at radius 1 is 1.40 bits per heavy atom. The van der Waals surface area contributed by atoms with Gasteiger partial charge in [0.2, 0.25) is 0 Å². The Labute approximate surface area is 122 Å². The molecule has 1 heterocycles. The standard InChI is InChI=1S/C15H18N2O2S/c1-4-11-13(9(2)3)20-15(16-11)17-14(19)10-7-5-6-8-12(10)18/h5-9,18H,4H2,1-3H3,(H,16,17,19). The number of phenols is 1. The average Bonchev–Trinajstić information content (AvgIpc) is 2.82. The molecule has 0 saturated heterocycles. The van der Waals surface area contributed by atoms with Crippen LogP contribution >= 0.6 is 11.3 Å². The number of phenolic OH excluding ortho intramolecular Hbond substituents is 1. The van der Waals surface area contributed by atoms with Gasteiger partial charge in [-0.25, -0.2) is 4.98 Å². The van der Waals surface area contributed by atoms with Crippen LogP contribution < -0.4 is 5.32 Å². The number of hydrogen-bond acceptors (Lipinski definition) is 4. The minimum absolute atomic E-state index is 0.0265. The van der Waals surface area contributed by atoms with Gasteiger partial charge < -0.3 is 5.11 Å². The van der Waals surface area contributed by atoms with E-state index in [0.29, 0.717) is 11.0 Å². The number of rotatable bonds is 4. The van der Waals surface area contributed by atoms with Crippen molar-refractivity contribution in [2.75, 3.05) is 5.32 Å². The smallest absolute Gasteiger partial charge is 0.261 e. The van der Waals surface area contributed by atoms with Gasteiger partial charge in [-0.05, 0) is 24.5 Å². The van der Waals surface area contributed by atoms with Crippen LogP contribution in [0.1, 0.15) is 47.6 Å². The molecule has 2 aromatic rings. The van der Waals surface area contributed by atoms with E-state index in [0.717, 1.165) is 12.1 Å². The van der Waals surface area contributed by atoms with Gasteiger partial charge in [-0.2, -0.15) is 0 Å². The molecule has 106 valence electrons. The van der Waals surface area contributed by atoms with Crippen LogP contribution in [0.5, 0.6) is 5.75 Å². The van der Waals surface area contributed by atoms with Gasteiger partial charge in [-0.15, -0.1) is 11.3 Å². The number of anilines is 1. The molecule has 1 aromatic carbocycles. The minimum Gasteiger partial charge on any atom is -0.507 e. The number of thiazole rings is 1. The van der Waals surface area contributed by atoms with Crippen LogP contribution in [-0.2, 0) is 6.42 Å². The molecule has 20 heavy (non-hydrogen) atoms. The van der Waals surface area contributed by atoms with Crippen LogP contribution in [0, 0.1) is 0 Å². The van der Waals surface area contributed by atoms with Crippen molar-refractivity contribution in [3.63, 3.8) is 0 Å². The zero-order valence-corrected chi connectivity index (χ0v) is 12.6. The van der Waals surface area contributed by atoms with Crippen molar-refractivity contribution in [2.24, 2.45) is 0 Å². The first kappa shape index (κ1) is 14.5. The summed E-state index contributed by atoms with van der Waals surface area (Å²) in [7, 11) is 0. The van der Waals surface area contributed by atoms with Crippen molar-refractivity contribution < 1.29 is 9.90 Å². The van der Waals surface area contributed by atoms with Crippen LogP contribution in [-0.4, -0.2) is 16.0 Å². The fraction of sp³-hybridized carbons (Fsp3) is 0.333. The van der Waals surface area contributed by atoms with Crippen molar-refractivity contribution in [3.05, 3.63) is 40.4 Å². The third-order valence-corrected chi connectivity index (χ3v) is 4.27. The summed E-state index contributed by atoms with van der Waals surface area (Å²) in [6.45, 7) is 6.28. The Kier molecular flexibility index (Phi) is 4.39. The third kappa shape index (κ3) is 2.99. The van der Waals surface area contributed by atoms with Crippen molar-refractivity contribution in [1.29, 1.82) is 0 Å². The zero-order chi connectivity index (χ0) is 14.7. The summed E-state index contributed by atoms with van der Waals surface area (Å²) in [6, 6.07) is 6.48. The van der Waals surface area contributed by atoms with Gasteiger partial charge in [0.25, 0.3) is 5.91 Å². The number of benzene rings is 1. The number of nitrogens with zero attached hydrogens (tertiary/aromatic N) is 1. The highest BCUT2D eigenvalue weighted by Crippen LogP contribution is 2.30. The normalized spacial score (nSPS) is 10.8. The number of nitrogens with one attached hydrogen (secondary N) is 1. The molecule has 0 aliphatic rings. The summed E-state index contributed by atoms with van der Waals surface area (Å²) < 4.78 is 0. The van der Waals surface area contributed by atoms with Gasteiger partial charge in [-0.3, -0.25) is 10.1 Å². The Morgan fingerprint density at radius 2 is 2.10 bits per heavy atom. The monoisotopic (exact) mass is 290 g/mol. The number of hydrogen-bond donors (Lipinski definition) is 2. The van der Waals surface area contributed by atoms with Gasteiger partial charge in [0.05, 0.1) is 11.3 Å². The molecule has 0 saturated carbocycles. The number of aryl methyl sites for hydroxylation is 1. The van der Waals surface area contributed by atoms with E-state index in [-0.39, 0.29) is 17.2 Å². The Balaban J connectivity index is 2.22. The third-order valence-electron chi connectivity index (χ3n) is 2.96. The van der Waals surface area contributed by atoms with Crippen molar-refractivity contribution in [1.82, 2.24) is 4.98 Å². The van der Waals surface area contributed by atoms with E-state index in [1.165, 1.54) is 22.3 Å². The number of carbonyl (C=O) groups excluding carboxylic acids is 1. The molecule has 0 aliphatic carbocycles. The van der Waals surface area contributed by atoms with Crippen molar-refractivity contribution >= 4 is 22.4 Å². The Morgan fingerprint density at radius 3 is 2.65 bits per heavy atom. The SMILES string of the molecule is CCc1nc(NC(=O)c2ccccc2O)sc1C(C)C. The average molecular weight is 290 g/mol. The molecule has 0 fully saturated rings. The van der Waals surface area contributed by atoms with Crippen LogP contribution in [0.2, 0.25) is 0 Å². The first-order chi connectivity index (χ1) is 9.52. The molecule has 4 nitrogen and oxygen atoms in total. The number of para-hydroxylation sites is 1. The van der Waals surface area contributed by atoms with Gasteiger partial charge >= 0.3 is 0 Å². The van der Waals surface area contributed by atoms with Crippen LogP contribution in [0.25, 0.3) is 0 Å². The molecule has 1 amide bonds. The minimum atomic E-state index is -0.338. The van der Waals surface area contributed by atoms with Crippen molar-refractivity contribution in [3.8, 4) is 5.75 Å². The van der Waals surface area contributed by atoms with Gasteiger partial charge in [0.1, 0.15) is 5.75 Å². The molecule has 0 bridgehead atoms. The largest absolute Gasteiger partial charge is 0.507 e. The quantitative estimate of drug-likeness (QED) is 0.900. The molecule has 0 radical (unpaired) electrons. The maximum atomic E-state index is 12.1. The molecular formula is C15H18N2O2S. The van der Waals surface area contributed by atoms with Crippen LogP contribution in [0.15, 0.2) is 24.3 Å². The fourth-order valence-electron chi connectivity index (χ4n) is 1.95. The van der Waals surface area contributed by atoms with Gasteiger partial charge in [0.15, 0.2) is 5.13 Å². The summed E-state index contributed by atoms with van der Waals surface area (Å²) in [5.41, 5.74) is 1.28. The zero-order valence-electron chi connectivity index (χ0n) is 11.8. The topological polar surface area (TPSA) is 62.2 Å².